The zero-order chi connectivity index (χ0) is 18.2. The van der Waals surface area contributed by atoms with Crippen LogP contribution in [0.1, 0.15) is 10.4 Å². The highest BCUT2D eigenvalue weighted by Gasteiger charge is 2.13. The number of rotatable bonds is 7. The molecule has 0 bridgehead atoms. The standard InChI is InChI=1S/C20H26N4O2.ClH/c1-26-17-8-6-16(7-9-17)23-19-5-3-2-4-18(19)20(25)22-12-15-24-13-10-21-11-14-24;/h2-9,21,23H,10-15H2,1H3,(H,22,25);1H. The lowest BCUT2D eigenvalue weighted by molar-refractivity contribution is 0.0948. The Balaban J connectivity index is 0.00000261. The normalized spacial score (nSPS) is 14.1. The fourth-order valence-electron chi connectivity index (χ4n) is 2.98. The molecule has 27 heavy (non-hydrogen) atoms. The number of methoxy groups -OCH3 is 1. The summed E-state index contributed by atoms with van der Waals surface area (Å²) in [5.74, 6) is 0.742. The molecule has 1 aliphatic heterocycles. The Hall–Kier alpha value is -2.28. The van der Waals surface area contributed by atoms with Crippen molar-refractivity contribution in [1.29, 1.82) is 0 Å². The number of amides is 1. The molecule has 3 rings (SSSR count). The number of carbonyl (C=O) groups is 1. The number of benzene rings is 2. The molecule has 0 saturated carbocycles. The second kappa shape index (κ2) is 10.8. The van der Waals surface area contributed by atoms with Crippen LogP contribution in [0.2, 0.25) is 0 Å². The van der Waals surface area contributed by atoms with Crippen LogP contribution in [0.25, 0.3) is 0 Å². The molecule has 1 aliphatic rings. The van der Waals surface area contributed by atoms with Crippen LogP contribution in [-0.2, 0) is 0 Å². The van der Waals surface area contributed by atoms with Crippen molar-refractivity contribution in [2.24, 2.45) is 0 Å². The number of piperazine rings is 1. The van der Waals surface area contributed by atoms with E-state index < -0.39 is 0 Å². The van der Waals surface area contributed by atoms with Crippen molar-refractivity contribution in [3.05, 3.63) is 54.1 Å². The lowest BCUT2D eigenvalue weighted by atomic mass is 10.1. The van der Waals surface area contributed by atoms with E-state index in [-0.39, 0.29) is 18.3 Å². The summed E-state index contributed by atoms with van der Waals surface area (Å²) in [6.45, 7) is 5.62. The molecule has 0 radical (unpaired) electrons. The van der Waals surface area contributed by atoms with Gasteiger partial charge in [0.1, 0.15) is 5.75 Å². The predicted molar refractivity (Wildman–Crippen MR) is 112 cm³/mol. The highest BCUT2D eigenvalue weighted by Crippen LogP contribution is 2.22. The van der Waals surface area contributed by atoms with Gasteiger partial charge in [0.05, 0.1) is 18.4 Å². The molecule has 6 nitrogen and oxygen atoms in total. The van der Waals surface area contributed by atoms with Crippen LogP contribution in [0, 0.1) is 0 Å². The Morgan fingerprint density at radius 3 is 2.52 bits per heavy atom. The quantitative estimate of drug-likeness (QED) is 0.678. The first-order valence-corrected chi connectivity index (χ1v) is 8.97. The molecule has 0 unspecified atom stereocenters. The maximum Gasteiger partial charge on any atom is 0.253 e. The van der Waals surface area contributed by atoms with Crippen LogP contribution in [0.5, 0.6) is 5.75 Å². The maximum atomic E-state index is 12.6. The SMILES string of the molecule is COc1ccc(Nc2ccccc2C(=O)NCCN2CCNCC2)cc1.Cl. The van der Waals surface area contributed by atoms with Gasteiger partial charge in [0.25, 0.3) is 5.91 Å². The first kappa shape index (κ1) is 21.0. The number of carbonyl (C=O) groups excluding carboxylic acids is 1. The topological polar surface area (TPSA) is 65.6 Å². The van der Waals surface area contributed by atoms with Gasteiger partial charge in [-0.15, -0.1) is 12.4 Å². The maximum absolute atomic E-state index is 12.6. The smallest absolute Gasteiger partial charge is 0.253 e. The van der Waals surface area contributed by atoms with Crippen LogP contribution >= 0.6 is 12.4 Å². The molecule has 1 heterocycles. The van der Waals surface area contributed by atoms with Crippen molar-refractivity contribution in [2.75, 3.05) is 51.7 Å². The predicted octanol–water partition coefficient (Wildman–Crippen LogP) is 2.50. The molecule has 1 amide bonds. The van der Waals surface area contributed by atoms with Crippen molar-refractivity contribution >= 4 is 29.7 Å². The molecule has 3 N–H and O–H groups in total. The molecule has 7 heteroatoms. The molecule has 2 aromatic rings. The third kappa shape index (κ3) is 6.13. The van der Waals surface area contributed by atoms with E-state index in [0.29, 0.717) is 12.1 Å². The molecule has 1 saturated heterocycles. The van der Waals surface area contributed by atoms with Crippen LogP contribution in [0.4, 0.5) is 11.4 Å². The number of hydrogen-bond donors (Lipinski definition) is 3. The number of nitrogens with one attached hydrogen (secondary N) is 3. The Morgan fingerprint density at radius 2 is 1.81 bits per heavy atom. The van der Waals surface area contributed by atoms with Gasteiger partial charge in [-0.1, -0.05) is 12.1 Å². The van der Waals surface area contributed by atoms with E-state index in [1.165, 1.54) is 0 Å². The van der Waals surface area contributed by atoms with Crippen LogP contribution in [0.3, 0.4) is 0 Å². The highest BCUT2D eigenvalue weighted by atomic mass is 35.5. The van der Waals surface area contributed by atoms with Gasteiger partial charge in [0.2, 0.25) is 0 Å². The molecule has 1 fully saturated rings. The van der Waals surface area contributed by atoms with Gasteiger partial charge in [0, 0.05) is 45.0 Å². The number of para-hydroxylation sites is 1. The van der Waals surface area contributed by atoms with Gasteiger partial charge < -0.3 is 20.7 Å². The van der Waals surface area contributed by atoms with Crippen molar-refractivity contribution in [3.63, 3.8) is 0 Å². The monoisotopic (exact) mass is 390 g/mol. The fourth-order valence-corrected chi connectivity index (χ4v) is 2.98. The number of hydrogen-bond acceptors (Lipinski definition) is 5. The second-order valence-corrected chi connectivity index (χ2v) is 6.25. The Bertz CT molecular complexity index is 718. The van der Waals surface area contributed by atoms with E-state index in [9.17, 15) is 4.79 Å². The summed E-state index contributed by atoms with van der Waals surface area (Å²) in [5, 5.41) is 9.67. The lowest BCUT2D eigenvalue weighted by Crippen LogP contribution is -2.46. The Kier molecular flexibility index (Phi) is 8.39. The first-order chi connectivity index (χ1) is 12.8. The van der Waals surface area contributed by atoms with E-state index >= 15 is 0 Å². The second-order valence-electron chi connectivity index (χ2n) is 6.25. The minimum absolute atomic E-state index is 0. The van der Waals surface area contributed by atoms with Crippen molar-refractivity contribution < 1.29 is 9.53 Å². The summed E-state index contributed by atoms with van der Waals surface area (Å²) >= 11 is 0. The van der Waals surface area contributed by atoms with Crippen molar-refractivity contribution in [1.82, 2.24) is 15.5 Å². The van der Waals surface area contributed by atoms with Gasteiger partial charge in [-0.05, 0) is 36.4 Å². The van der Waals surface area contributed by atoms with Gasteiger partial charge in [0.15, 0.2) is 0 Å². The van der Waals surface area contributed by atoms with Crippen molar-refractivity contribution in [2.45, 2.75) is 0 Å². The molecule has 0 atom stereocenters. The molecular formula is C20H27ClN4O2. The minimum Gasteiger partial charge on any atom is -0.497 e. The zero-order valence-corrected chi connectivity index (χ0v) is 16.3. The molecule has 0 aliphatic carbocycles. The van der Waals surface area contributed by atoms with Crippen molar-refractivity contribution in [3.8, 4) is 5.75 Å². The summed E-state index contributed by atoms with van der Waals surface area (Å²) < 4.78 is 5.18. The molecule has 0 aromatic heterocycles. The fraction of sp³-hybridized carbons (Fsp3) is 0.350. The average Bonchev–Trinajstić information content (AvgIpc) is 2.70. The zero-order valence-electron chi connectivity index (χ0n) is 15.5. The van der Waals surface area contributed by atoms with Crippen LogP contribution in [-0.4, -0.2) is 57.2 Å². The van der Waals surface area contributed by atoms with E-state index in [0.717, 1.165) is 49.8 Å². The lowest BCUT2D eigenvalue weighted by Gasteiger charge is -2.27. The molecule has 146 valence electrons. The summed E-state index contributed by atoms with van der Waals surface area (Å²) in [6, 6.07) is 15.2. The number of anilines is 2. The van der Waals surface area contributed by atoms with Gasteiger partial charge >= 0.3 is 0 Å². The average molecular weight is 391 g/mol. The number of ether oxygens (including phenoxy) is 1. The first-order valence-electron chi connectivity index (χ1n) is 8.97. The van der Waals surface area contributed by atoms with E-state index in [1.54, 1.807) is 7.11 Å². The molecule has 0 spiro atoms. The Morgan fingerprint density at radius 1 is 1.11 bits per heavy atom. The van der Waals surface area contributed by atoms with Gasteiger partial charge in [-0.25, -0.2) is 0 Å². The summed E-state index contributed by atoms with van der Waals surface area (Å²) in [6.07, 6.45) is 0. The number of halogens is 1. The number of nitrogens with zero attached hydrogens (tertiary/aromatic N) is 1. The largest absolute Gasteiger partial charge is 0.497 e. The third-order valence-electron chi connectivity index (χ3n) is 4.46. The van der Waals surface area contributed by atoms with E-state index in [4.69, 9.17) is 4.74 Å². The highest BCUT2D eigenvalue weighted by molar-refractivity contribution is 6.00. The summed E-state index contributed by atoms with van der Waals surface area (Å²) in [4.78, 5) is 15.0. The van der Waals surface area contributed by atoms with Gasteiger partial charge in [-0.3, -0.25) is 9.69 Å². The van der Waals surface area contributed by atoms with E-state index in [1.807, 2.05) is 48.5 Å². The summed E-state index contributed by atoms with van der Waals surface area (Å²) in [7, 11) is 1.64. The van der Waals surface area contributed by atoms with Crippen LogP contribution < -0.4 is 20.7 Å². The van der Waals surface area contributed by atoms with Crippen LogP contribution in [0.15, 0.2) is 48.5 Å². The Labute approximate surface area is 166 Å². The molecular weight excluding hydrogens is 364 g/mol. The molecule has 2 aromatic carbocycles. The van der Waals surface area contributed by atoms with Gasteiger partial charge in [-0.2, -0.15) is 0 Å². The summed E-state index contributed by atoms with van der Waals surface area (Å²) in [5.41, 5.74) is 2.34. The third-order valence-corrected chi connectivity index (χ3v) is 4.46. The van der Waals surface area contributed by atoms with E-state index in [2.05, 4.69) is 20.9 Å². The minimum atomic E-state index is -0.0586.